The predicted octanol–water partition coefficient (Wildman–Crippen LogP) is 2.99. The fraction of sp³-hybridized carbons (Fsp3) is 1.00. The van der Waals surface area contributed by atoms with Gasteiger partial charge in [0.2, 0.25) is 0 Å². The molecule has 1 atom stereocenters. The van der Waals surface area contributed by atoms with Gasteiger partial charge in [0.25, 0.3) is 0 Å². The van der Waals surface area contributed by atoms with Gasteiger partial charge in [-0.3, -0.25) is 0 Å². The van der Waals surface area contributed by atoms with Crippen LogP contribution < -0.4 is 0 Å². The zero-order valence-corrected chi connectivity index (χ0v) is 8.20. The Labute approximate surface area is 67.3 Å². The van der Waals surface area contributed by atoms with Crippen molar-refractivity contribution < 1.29 is 0 Å². The van der Waals surface area contributed by atoms with Gasteiger partial charge in [0, 0.05) is 9.25 Å². The van der Waals surface area contributed by atoms with Gasteiger partial charge in [-0.25, -0.2) is 0 Å². The summed E-state index contributed by atoms with van der Waals surface area (Å²) in [6.07, 6.45) is 2.65. The average Bonchev–Trinajstić information content (AvgIpc) is 1.61. The maximum Gasteiger partial charge on any atom is 0.00816 e. The number of halogens is 2. The highest BCUT2D eigenvalue weighted by molar-refractivity contribution is 14.1. The molecule has 0 N–H and O–H groups in total. The van der Waals surface area contributed by atoms with Gasteiger partial charge in [-0.1, -0.05) is 45.4 Å². The van der Waals surface area contributed by atoms with E-state index in [9.17, 15) is 0 Å². The smallest absolute Gasteiger partial charge is 0.00816 e. The molecule has 2 heteroatoms. The lowest BCUT2D eigenvalue weighted by Gasteiger charge is -1.96. The van der Waals surface area contributed by atoms with Crippen LogP contribution in [0.2, 0.25) is 0 Å². The third kappa shape index (κ3) is 7.21. The van der Waals surface area contributed by atoms with E-state index in [4.69, 9.17) is 0 Å². The van der Waals surface area contributed by atoms with Crippen molar-refractivity contribution in [1.82, 2.24) is 0 Å². The first-order valence-corrected chi connectivity index (χ1v) is 4.84. The van der Waals surface area contributed by atoms with Crippen molar-refractivity contribution in [2.24, 2.45) is 0 Å². The molecule has 44 valence electrons. The maximum atomic E-state index is 3.37. The fourth-order valence-electron chi connectivity index (χ4n) is 0.358. The van der Waals surface area contributed by atoms with Crippen molar-refractivity contribution in [3.63, 3.8) is 0 Å². The zero-order valence-electron chi connectivity index (χ0n) is 4.45. The van der Waals surface area contributed by atoms with E-state index < -0.39 is 0 Å². The number of hydrogen-bond donors (Lipinski definition) is 0. The van der Waals surface area contributed by atoms with Crippen molar-refractivity contribution in [2.45, 2.75) is 23.7 Å². The van der Waals surface area contributed by atoms with E-state index in [2.05, 4.69) is 45.4 Å². The van der Waals surface area contributed by atoms with Crippen LogP contribution in [0.5, 0.6) is 0 Å². The number of hydrogen-bond acceptors (Lipinski definition) is 0. The Kier molecular flexibility index (Phi) is 6.27. The molecule has 0 saturated heterocycles. The van der Waals surface area contributed by atoms with Crippen LogP contribution in [0.3, 0.4) is 0 Å². The van der Waals surface area contributed by atoms with Crippen molar-refractivity contribution >= 4 is 38.5 Å². The van der Waals surface area contributed by atoms with E-state index in [0.717, 1.165) is 9.25 Å². The molecular weight excluding hydrogens is 267 g/mol. The second kappa shape index (κ2) is 5.35. The number of alkyl halides is 2. The van der Waals surface area contributed by atoms with E-state index in [0.29, 0.717) is 0 Å². The highest BCUT2D eigenvalue weighted by atomic mass is 127. The molecule has 0 aromatic heterocycles. The Morgan fingerprint density at radius 1 is 1.71 bits per heavy atom. The molecule has 0 fully saturated rings. The molecule has 0 aliphatic rings. The van der Waals surface area contributed by atoms with Crippen LogP contribution in [0, 0.1) is 0 Å². The summed E-state index contributed by atoms with van der Waals surface area (Å²) in [4.78, 5) is 0. The molecule has 0 nitrogen and oxygen atoms in total. The Morgan fingerprint density at radius 3 is 2.43 bits per heavy atom. The first kappa shape index (κ1) is 8.21. The summed E-state index contributed by atoms with van der Waals surface area (Å²) in [6, 6.07) is 0. The number of rotatable bonds is 3. The lowest BCUT2D eigenvalue weighted by atomic mass is 10.3. The molecule has 0 aromatic rings. The summed E-state index contributed by atoms with van der Waals surface area (Å²) >= 11 is 5.82. The normalized spacial score (nSPS) is 14.1. The van der Waals surface area contributed by atoms with Gasteiger partial charge < -0.3 is 0 Å². The van der Waals surface area contributed by atoms with Crippen LogP contribution in [0.25, 0.3) is 0 Å². The van der Waals surface area contributed by atoms with Crippen molar-refractivity contribution in [2.75, 3.05) is 5.33 Å². The molecule has 0 amide bonds. The van der Waals surface area contributed by atoms with Gasteiger partial charge in [-0.2, -0.15) is 0 Å². The summed E-state index contributed by atoms with van der Waals surface area (Å²) in [7, 11) is 0. The van der Waals surface area contributed by atoms with Crippen LogP contribution in [-0.2, 0) is 0 Å². The summed E-state index contributed by atoms with van der Waals surface area (Å²) in [5.74, 6) is 0. The zero-order chi connectivity index (χ0) is 5.70. The molecular formula is C5H10BrI. The fourth-order valence-corrected chi connectivity index (χ4v) is 1.12. The molecule has 0 spiro atoms. The van der Waals surface area contributed by atoms with E-state index >= 15 is 0 Å². The lowest BCUT2D eigenvalue weighted by molar-refractivity contribution is 0.818. The van der Waals surface area contributed by atoms with Crippen LogP contribution in [0.4, 0.5) is 0 Å². The molecule has 7 heavy (non-hydrogen) atoms. The molecule has 0 radical (unpaired) electrons. The summed E-state index contributed by atoms with van der Waals surface area (Å²) < 4.78 is 0.843. The highest BCUT2D eigenvalue weighted by Crippen LogP contribution is 2.07. The highest BCUT2D eigenvalue weighted by Gasteiger charge is 1.91. The summed E-state index contributed by atoms with van der Waals surface area (Å²) in [5, 5.41) is 1.15. The molecule has 0 aliphatic heterocycles. The second-order valence-electron chi connectivity index (χ2n) is 1.61. The predicted molar refractivity (Wildman–Crippen MR) is 46.5 cm³/mol. The molecule has 0 bridgehead atoms. The molecule has 0 saturated carbocycles. The van der Waals surface area contributed by atoms with Crippen LogP contribution in [-0.4, -0.2) is 9.25 Å². The molecule has 1 unspecified atom stereocenters. The Bertz CT molecular complexity index is 37.1. The van der Waals surface area contributed by atoms with Crippen LogP contribution in [0.15, 0.2) is 0 Å². The van der Waals surface area contributed by atoms with Crippen LogP contribution >= 0.6 is 38.5 Å². The third-order valence-electron chi connectivity index (χ3n) is 0.736. The standard InChI is InChI=1S/C5H10BrI/c1-5(7)3-2-4-6/h5H,2-4H2,1H3. The Balaban J connectivity index is 2.68. The molecule has 0 rings (SSSR count). The third-order valence-corrected chi connectivity index (χ3v) is 1.92. The van der Waals surface area contributed by atoms with E-state index in [1.165, 1.54) is 12.8 Å². The van der Waals surface area contributed by atoms with Gasteiger partial charge >= 0.3 is 0 Å². The lowest BCUT2D eigenvalue weighted by Crippen LogP contribution is -1.88. The first-order chi connectivity index (χ1) is 3.27. The summed E-state index contributed by atoms with van der Waals surface area (Å²) in [6.45, 7) is 2.24. The molecule has 0 aliphatic carbocycles. The summed E-state index contributed by atoms with van der Waals surface area (Å²) in [5.41, 5.74) is 0. The van der Waals surface area contributed by atoms with E-state index in [-0.39, 0.29) is 0 Å². The SMILES string of the molecule is CC(I)CCCBr. The second-order valence-corrected chi connectivity index (χ2v) is 4.53. The van der Waals surface area contributed by atoms with Crippen molar-refractivity contribution in [3.05, 3.63) is 0 Å². The first-order valence-electron chi connectivity index (χ1n) is 2.47. The maximum absolute atomic E-state index is 3.37. The minimum Gasteiger partial charge on any atom is -0.0928 e. The minimum absolute atomic E-state index is 0.843. The molecule has 0 aromatic carbocycles. The van der Waals surface area contributed by atoms with Gasteiger partial charge in [-0.15, -0.1) is 0 Å². The van der Waals surface area contributed by atoms with Crippen molar-refractivity contribution in [3.8, 4) is 0 Å². The quantitative estimate of drug-likeness (QED) is 0.549. The topological polar surface area (TPSA) is 0 Å². The largest absolute Gasteiger partial charge is 0.0928 e. The van der Waals surface area contributed by atoms with Gasteiger partial charge in [0.05, 0.1) is 0 Å². The van der Waals surface area contributed by atoms with E-state index in [1.807, 2.05) is 0 Å². The molecule has 0 heterocycles. The minimum atomic E-state index is 0.843. The Morgan fingerprint density at radius 2 is 2.29 bits per heavy atom. The van der Waals surface area contributed by atoms with Crippen LogP contribution in [0.1, 0.15) is 19.8 Å². The monoisotopic (exact) mass is 276 g/mol. The van der Waals surface area contributed by atoms with Gasteiger partial charge in [0.15, 0.2) is 0 Å². The van der Waals surface area contributed by atoms with Gasteiger partial charge in [0.1, 0.15) is 0 Å². The van der Waals surface area contributed by atoms with Gasteiger partial charge in [-0.05, 0) is 12.8 Å². The Hall–Kier alpha value is 1.21. The van der Waals surface area contributed by atoms with E-state index in [1.54, 1.807) is 0 Å². The average molecular weight is 277 g/mol. The van der Waals surface area contributed by atoms with Crippen molar-refractivity contribution in [1.29, 1.82) is 0 Å².